The van der Waals surface area contributed by atoms with E-state index < -0.39 is 33.4 Å². The van der Waals surface area contributed by atoms with Crippen LogP contribution in [0.15, 0.2) is 23.1 Å². The molecule has 10 heteroatoms. The number of fused-ring (bicyclic) bond motifs is 1. The van der Waals surface area contributed by atoms with E-state index in [1.54, 1.807) is 0 Å². The fraction of sp³-hybridized carbons (Fsp3) is 0.529. The van der Waals surface area contributed by atoms with Crippen molar-refractivity contribution in [2.75, 3.05) is 19.3 Å². The molecule has 0 spiro atoms. The van der Waals surface area contributed by atoms with Crippen molar-refractivity contribution in [1.82, 2.24) is 4.90 Å². The van der Waals surface area contributed by atoms with Crippen LogP contribution in [-0.4, -0.2) is 50.9 Å². The van der Waals surface area contributed by atoms with Crippen LogP contribution in [0.2, 0.25) is 0 Å². The second-order valence-corrected chi connectivity index (χ2v) is 9.10. The Morgan fingerprint density at radius 1 is 1.44 bits per heavy atom. The van der Waals surface area contributed by atoms with Gasteiger partial charge in [-0.25, -0.2) is 8.42 Å². The van der Waals surface area contributed by atoms with E-state index in [9.17, 15) is 31.6 Å². The predicted molar refractivity (Wildman–Crippen MR) is 87.8 cm³/mol. The van der Waals surface area contributed by atoms with Gasteiger partial charge in [-0.15, -0.1) is 0 Å². The third kappa shape index (κ3) is 3.60. The van der Waals surface area contributed by atoms with Gasteiger partial charge in [0.2, 0.25) is 0 Å². The van der Waals surface area contributed by atoms with Gasteiger partial charge in [0.05, 0.1) is 21.9 Å². The molecule has 0 N–H and O–H groups in total. The Morgan fingerprint density at radius 2 is 2.11 bits per heavy atom. The van der Waals surface area contributed by atoms with Crippen LogP contribution in [0.3, 0.4) is 0 Å². The summed E-state index contributed by atoms with van der Waals surface area (Å²) in [4.78, 5) is 14.0. The lowest BCUT2D eigenvalue weighted by Crippen LogP contribution is -2.34. The molecular formula is C17H17F3N2O4S. The molecule has 2 aliphatic rings. The minimum absolute atomic E-state index is 0.0445. The molecule has 1 aliphatic heterocycles. The Hall–Kier alpha value is -2.28. The first kappa shape index (κ1) is 19.5. The average Bonchev–Trinajstić information content (AvgIpc) is 3.13. The number of rotatable bonds is 4. The lowest BCUT2D eigenvalue weighted by molar-refractivity contribution is -0.189. The molecule has 0 radical (unpaired) electrons. The molecule has 1 amide bonds. The number of carbonyl (C=O) groups is 1. The van der Waals surface area contributed by atoms with Crippen LogP contribution in [0.4, 0.5) is 13.2 Å². The number of benzene rings is 1. The van der Waals surface area contributed by atoms with Crippen molar-refractivity contribution in [2.24, 2.45) is 11.3 Å². The molecule has 1 saturated heterocycles. The van der Waals surface area contributed by atoms with Crippen molar-refractivity contribution < 1.29 is 31.1 Å². The molecule has 1 aliphatic carbocycles. The molecular weight excluding hydrogens is 385 g/mol. The zero-order valence-electron chi connectivity index (χ0n) is 14.6. The highest BCUT2D eigenvalue weighted by Crippen LogP contribution is 2.57. The van der Waals surface area contributed by atoms with Gasteiger partial charge in [0, 0.05) is 19.3 Å². The first-order valence-electron chi connectivity index (χ1n) is 8.15. The molecule has 1 aromatic carbocycles. The number of nitrogens with zero attached hydrogens (tertiary/aromatic N) is 2. The fourth-order valence-corrected chi connectivity index (χ4v) is 3.90. The predicted octanol–water partition coefficient (Wildman–Crippen LogP) is 2.41. The van der Waals surface area contributed by atoms with E-state index in [1.807, 2.05) is 0 Å². The van der Waals surface area contributed by atoms with Gasteiger partial charge in [-0.1, -0.05) is 0 Å². The molecule has 27 heavy (non-hydrogen) atoms. The van der Waals surface area contributed by atoms with Gasteiger partial charge < -0.3 is 9.64 Å². The summed E-state index contributed by atoms with van der Waals surface area (Å²) in [5.74, 6) is -0.946. The van der Waals surface area contributed by atoms with Gasteiger partial charge in [-0.2, -0.15) is 18.4 Å². The molecule has 2 fully saturated rings. The topological polar surface area (TPSA) is 87.5 Å². The Kier molecular flexibility index (Phi) is 4.42. The number of hydrogen-bond donors (Lipinski definition) is 0. The summed E-state index contributed by atoms with van der Waals surface area (Å²) in [5.41, 5.74) is -0.854. The number of carbonyl (C=O) groups excluding carboxylic acids is 1. The van der Waals surface area contributed by atoms with Gasteiger partial charge in [-0.3, -0.25) is 4.79 Å². The molecule has 1 aromatic rings. The highest BCUT2D eigenvalue weighted by molar-refractivity contribution is 7.90. The summed E-state index contributed by atoms with van der Waals surface area (Å²) in [7, 11) is -3.68. The van der Waals surface area contributed by atoms with E-state index in [0.29, 0.717) is 13.0 Å². The molecule has 1 saturated carbocycles. The van der Waals surface area contributed by atoms with E-state index in [2.05, 4.69) is 6.07 Å². The van der Waals surface area contributed by atoms with Crippen LogP contribution < -0.4 is 4.74 Å². The molecule has 6 nitrogen and oxygen atoms in total. The maximum atomic E-state index is 12.9. The minimum atomic E-state index is -4.64. The van der Waals surface area contributed by atoms with Crippen molar-refractivity contribution in [1.29, 1.82) is 5.26 Å². The number of hydrogen-bond acceptors (Lipinski definition) is 5. The SMILES string of the molecule is CC(Oc1ccc(S(C)(=O)=O)cc1C(=O)N1CC2CC2(C#N)C1)C(F)(F)F. The smallest absolute Gasteiger partial charge is 0.425 e. The zero-order chi connectivity index (χ0) is 20.2. The Morgan fingerprint density at radius 3 is 2.63 bits per heavy atom. The van der Waals surface area contributed by atoms with Crippen molar-refractivity contribution in [2.45, 2.75) is 30.5 Å². The number of alkyl halides is 3. The summed E-state index contributed by atoms with van der Waals surface area (Å²) in [6.45, 7) is 1.28. The quantitative estimate of drug-likeness (QED) is 0.772. The molecule has 3 unspecified atom stereocenters. The van der Waals surface area contributed by atoms with Gasteiger partial charge in [-0.05, 0) is 37.5 Å². The molecule has 0 bridgehead atoms. The van der Waals surface area contributed by atoms with Crippen LogP contribution >= 0.6 is 0 Å². The number of piperidine rings is 1. The maximum Gasteiger partial charge on any atom is 0.425 e. The number of halogens is 3. The zero-order valence-corrected chi connectivity index (χ0v) is 15.4. The van der Waals surface area contributed by atoms with E-state index in [1.165, 1.54) is 4.90 Å². The lowest BCUT2D eigenvalue weighted by atomic mass is 10.1. The Bertz CT molecular complexity index is 938. The first-order valence-corrected chi connectivity index (χ1v) is 10.0. The highest BCUT2D eigenvalue weighted by atomic mass is 32.2. The minimum Gasteiger partial charge on any atom is -0.480 e. The lowest BCUT2D eigenvalue weighted by Gasteiger charge is -2.23. The van der Waals surface area contributed by atoms with Crippen molar-refractivity contribution in [3.8, 4) is 11.8 Å². The summed E-state index contributed by atoms with van der Waals surface area (Å²) in [6.07, 6.45) is -5.20. The highest BCUT2D eigenvalue weighted by Gasteiger charge is 2.61. The summed E-state index contributed by atoms with van der Waals surface area (Å²) in [5, 5.41) is 9.23. The largest absolute Gasteiger partial charge is 0.480 e. The number of ether oxygens (including phenoxy) is 1. The average molecular weight is 402 g/mol. The maximum absolute atomic E-state index is 12.9. The van der Waals surface area contributed by atoms with E-state index in [4.69, 9.17) is 4.74 Å². The Balaban J connectivity index is 1.95. The normalized spacial score (nSPS) is 25.5. The van der Waals surface area contributed by atoms with Crippen molar-refractivity contribution >= 4 is 15.7 Å². The van der Waals surface area contributed by atoms with E-state index in [0.717, 1.165) is 31.4 Å². The standard InChI is InChI=1S/C17H17F3N2O4S/c1-10(17(18,19)20)26-14-4-3-12(27(2,24)25)5-13(14)15(23)22-7-11-6-16(11,8-21)9-22/h3-5,10-11H,6-7,9H2,1-2H3. The molecule has 1 heterocycles. The fourth-order valence-electron chi connectivity index (χ4n) is 3.25. The number of sulfone groups is 1. The van der Waals surface area contributed by atoms with Crippen LogP contribution in [0, 0.1) is 22.7 Å². The first-order chi connectivity index (χ1) is 12.4. The van der Waals surface area contributed by atoms with Crippen LogP contribution in [0.1, 0.15) is 23.7 Å². The van der Waals surface area contributed by atoms with Gasteiger partial charge in [0.15, 0.2) is 15.9 Å². The van der Waals surface area contributed by atoms with E-state index >= 15 is 0 Å². The summed E-state index contributed by atoms with van der Waals surface area (Å²) in [6, 6.07) is 5.37. The molecule has 3 rings (SSSR count). The van der Waals surface area contributed by atoms with Gasteiger partial charge in [0.25, 0.3) is 5.91 Å². The second-order valence-electron chi connectivity index (χ2n) is 7.09. The third-order valence-corrected chi connectivity index (χ3v) is 6.14. The van der Waals surface area contributed by atoms with Crippen LogP contribution in [0.25, 0.3) is 0 Å². The van der Waals surface area contributed by atoms with Crippen molar-refractivity contribution in [3.63, 3.8) is 0 Å². The Labute approximate surface area is 154 Å². The second kappa shape index (κ2) is 6.12. The van der Waals surface area contributed by atoms with Gasteiger partial charge >= 0.3 is 6.18 Å². The third-order valence-electron chi connectivity index (χ3n) is 5.03. The molecule has 3 atom stereocenters. The van der Waals surface area contributed by atoms with Crippen LogP contribution in [-0.2, 0) is 9.84 Å². The molecule has 0 aromatic heterocycles. The number of likely N-dealkylation sites (tertiary alicyclic amines) is 1. The molecule has 146 valence electrons. The van der Waals surface area contributed by atoms with Crippen LogP contribution in [0.5, 0.6) is 5.75 Å². The number of nitriles is 1. The van der Waals surface area contributed by atoms with Crippen molar-refractivity contribution in [3.05, 3.63) is 23.8 Å². The monoisotopic (exact) mass is 402 g/mol. The summed E-state index contributed by atoms with van der Waals surface area (Å²) >= 11 is 0. The van der Waals surface area contributed by atoms with E-state index in [-0.39, 0.29) is 28.7 Å². The van der Waals surface area contributed by atoms with Gasteiger partial charge in [0.1, 0.15) is 5.75 Å². The summed E-state index contributed by atoms with van der Waals surface area (Å²) < 4.78 is 67.0. The number of amides is 1.